The van der Waals surface area contributed by atoms with Crippen molar-refractivity contribution in [1.82, 2.24) is 10.6 Å². The SMILES string of the molecule is CC1(NCCC2CS(=O)(=O)CCN2)CCC1. The summed E-state index contributed by atoms with van der Waals surface area (Å²) in [6.07, 6.45) is 4.74. The zero-order valence-electron chi connectivity index (χ0n) is 9.96. The van der Waals surface area contributed by atoms with Crippen molar-refractivity contribution in [3.63, 3.8) is 0 Å². The lowest BCUT2D eigenvalue weighted by Gasteiger charge is -2.40. The molecule has 2 fully saturated rings. The Hall–Kier alpha value is -0.130. The van der Waals surface area contributed by atoms with E-state index < -0.39 is 9.84 Å². The van der Waals surface area contributed by atoms with Gasteiger partial charge in [-0.2, -0.15) is 0 Å². The van der Waals surface area contributed by atoms with Crippen molar-refractivity contribution in [3.05, 3.63) is 0 Å². The summed E-state index contributed by atoms with van der Waals surface area (Å²) >= 11 is 0. The van der Waals surface area contributed by atoms with Crippen molar-refractivity contribution in [3.8, 4) is 0 Å². The molecule has 2 aliphatic rings. The van der Waals surface area contributed by atoms with Crippen LogP contribution in [0.1, 0.15) is 32.6 Å². The molecule has 2 N–H and O–H groups in total. The molecule has 0 aromatic carbocycles. The molecule has 0 aromatic rings. The largest absolute Gasteiger partial charge is 0.312 e. The molecule has 1 saturated carbocycles. The summed E-state index contributed by atoms with van der Waals surface area (Å²) in [4.78, 5) is 0. The average molecular weight is 246 g/mol. The van der Waals surface area contributed by atoms with Gasteiger partial charge in [-0.25, -0.2) is 8.42 Å². The van der Waals surface area contributed by atoms with Crippen LogP contribution in [0.2, 0.25) is 0 Å². The number of nitrogens with one attached hydrogen (secondary N) is 2. The van der Waals surface area contributed by atoms with Crippen molar-refractivity contribution in [2.75, 3.05) is 24.6 Å². The zero-order valence-corrected chi connectivity index (χ0v) is 10.8. The third-order valence-electron chi connectivity index (χ3n) is 3.80. The molecule has 1 atom stereocenters. The smallest absolute Gasteiger partial charge is 0.153 e. The fourth-order valence-corrected chi connectivity index (χ4v) is 3.98. The Balaban J connectivity index is 1.69. The van der Waals surface area contributed by atoms with Crippen molar-refractivity contribution >= 4 is 9.84 Å². The van der Waals surface area contributed by atoms with E-state index in [1.54, 1.807) is 0 Å². The zero-order chi connectivity index (χ0) is 11.6. The van der Waals surface area contributed by atoms with Gasteiger partial charge in [0, 0.05) is 18.1 Å². The molecule has 0 aromatic heterocycles. The molecule has 5 heteroatoms. The molecule has 94 valence electrons. The summed E-state index contributed by atoms with van der Waals surface area (Å²) in [7, 11) is -2.78. The van der Waals surface area contributed by atoms with Gasteiger partial charge in [-0.05, 0) is 39.2 Å². The first kappa shape index (κ1) is 12.3. The molecule has 2 rings (SSSR count). The summed E-state index contributed by atoms with van der Waals surface area (Å²) < 4.78 is 22.9. The Kier molecular flexibility index (Phi) is 3.56. The molecule has 1 saturated heterocycles. The van der Waals surface area contributed by atoms with E-state index in [-0.39, 0.29) is 6.04 Å². The Labute approximate surface area is 98.1 Å². The normalized spacial score (nSPS) is 31.9. The van der Waals surface area contributed by atoms with E-state index in [1.807, 2.05) is 0 Å². The fourth-order valence-electron chi connectivity index (χ4n) is 2.48. The maximum absolute atomic E-state index is 11.4. The third-order valence-corrected chi connectivity index (χ3v) is 5.54. The topological polar surface area (TPSA) is 58.2 Å². The Morgan fingerprint density at radius 2 is 2.19 bits per heavy atom. The van der Waals surface area contributed by atoms with E-state index in [9.17, 15) is 8.42 Å². The molecule has 1 unspecified atom stereocenters. The predicted octanol–water partition coefficient (Wildman–Crippen LogP) is 0.295. The van der Waals surface area contributed by atoms with Crippen LogP contribution in [0.5, 0.6) is 0 Å². The second kappa shape index (κ2) is 4.63. The van der Waals surface area contributed by atoms with E-state index in [0.717, 1.165) is 13.0 Å². The van der Waals surface area contributed by atoms with E-state index in [0.29, 0.717) is 23.6 Å². The first-order valence-electron chi connectivity index (χ1n) is 6.18. The van der Waals surface area contributed by atoms with Crippen LogP contribution >= 0.6 is 0 Å². The summed E-state index contributed by atoms with van der Waals surface area (Å²) in [6.45, 7) is 3.79. The molecule has 1 aliphatic heterocycles. The van der Waals surface area contributed by atoms with E-state index in [4.69, 9.17) is 0 Å². The summed E-state index contributed by atoms with van der Waals surface area (Å²) in [6, 6.07) is 0.148. The molecule has 0 radical (unpaired) electrons. The van der Waals surface area contributed by atoms with Gasteiger partial charge in [0.15, 0.2) is 9.84 Å². The second-order valence-electron chi connectivity index (χ2n) is 5.40. The number of hydrogen-bond acceptors (Lipinski definition) is 4. The first-order chi connectivity index (χ1) is 7.49. The molecule has 16 heavy (non-hydrogen) atoms. The van der Waals surface area contributed by atoms with Gasteiger partial charge in [0.25, 0.3) is 0 Å². The minimum absolute atomic E-state index is 0.148. The fraction of sp³-hybridized carbons (Fsp3) is 1.00. The first-order valence-corrected chi connectivity index (χ1v) is 8.00. The van der Waals surface area contributed by atoms with Crippen LogP contribution in [-0.2, 0) is 9.84 Å². The monoisotopic (exact) mass is 246 g/mol. The summed E-state index contributed by atoms with van der Waals surface area (Å²) in [5.41, 5.74) is 0.327. The van der Waals surface area contributed by atoms with Gasteiger partial charge >= 0.3 is 0 Å². The third kappa shape index (κ3) is 3.18. The summed E-state index contributed by atoms with van der Waals surface area (Å²) in [5.74, 6) is 0.611. The number of hydrogen-bond donors (Lipinski definition) is 2. The maximum Gasteiger partial charge on any atom is 0.153 e. The highest BCUT2D eigenvalue weighted by Gasteiger charge is 2.31. The van der Waals surface area contributed by atoms with Crippen LogP contribution in [0.3, 0.4) is 0 Å². The van der Waals surface area contributed by atoms with Crippen molar-refractivity contribution in [1.29, 1.82) is 0 Å². The minimum atomic E-state index is -2.78. The standard InChI is InChI=1S/C11H22N2O2S/c1-11(4-2-5-11)13-6-3-10-9-16(14,15)8-7-12-10/h10,12-13H,2-9H2,1H3. The van der Waals surface area contributed by atoms with E-state index in [2.05, 4.69) is 17.6 Å². The molecular weight excluding hydrogens is 224 g/mol. The van der Waals surface area contributed by atoms with Gasteiger partial charge in [-0.1, -0.05) is 0 Å². The number of rotatable bonds is 4. The van der Waals surface area contributed by atoms with Crippen molar-refractivity contribution in [2.45, 2.75) is 44.2 Å². The van der Waals surface area contributed by atoms with Gasteiger partial charge in [0.05, 0.1) is 11.5 Å². The van der Waals surface area contributed by atoms with Crippen LogP contribution in [0.15, 0.2) is 0 Å². The van der Waals surface area contributed by atoms with Crippen LogP contribution in [0, 0.1) is 0 Å². The predicted molar refractivity (Wildman–Crippen MR) is 65.3 cm³/mol. The molecule has 0 bridgehead atoms. The van der Waals surface area contributed by atoms with E-state index in [1.165, 1.54) is 19.3 Å². The molecular formula is C11H22N2O2S. The quantitative estimate of drug-likeness (QED) is 0.749. The molecule has 0 amide bonds. The van der Waals surface area contributed by atoms with Gasteiger partial charge in [-0.15, -0.1) is 0 Å². The highest BCUT2D eigenvalue weighted by atomic mass is 32.2. The lowest BCUT2D eigenvalue weighted by Crippen LogP contribution is -2.51. The Morgan fingerprint density at radius 3 is 2.75 bits per heavy atom. The molecule has 0 spiro atoms. The van der Waals surface area contributed by atoms with Crippen LogP contribution in [-0.4, -0.2) is 44.6 Å². The maximum atomic E-state index is 11.4. The van der Waals surface area contributed by atoms with Crippen molar-refractivity contribution in [2.24, 2.45) is 0 Å². The number of sulfone groups is 1. The highest BCUT2D eigenvalue weighted by Crippen LogP contribution is 2.30. The highest BCUT2D eigenvalue weighted by molar-refractivity contribution is 7.91. The second-order valence-corrected chi connectivity index (χ2v) is 7.62. The molecule has 4 nitrogen and oxygen atoms in total. The van der Waals surface area contributed by atoms with Gasteiger partial charge in [0.1, 0.15) is 0 Å². The Bertz CT molecular complexity index is 336. The van der Waals surface area contributed by atoms with Crippen LogP contribution in [0.4, 0.5) is 0 Å². The van der Waals surface area contributed by atoms with Gasteiger partial charge in [0.2, 0.25) is 0 Å². The van der Waals surface area contributed by atoms with Crippen molar-refractivity contribution < 1.29 is 8.42 Å². The van der Waals surface area contributed by atoms with Crippen LogP contribution < -0.4 is 10.6 Å². The van der Waals surface area contributed by atoms with Gasteiger partial charge < -0.3 is 10.6 Å². The lowest BCUT2D eigenvalue weighted by molar-refractivity contribution is 0.206. The average Bonchev–Trinajstić information content (AvgIpc) is 2.13. The van der Waals surface area contributed by atoms with E-state index >= 15 is 0 Å². The van der Waals surface area contributed by atoms with Gasteiger partial charge in [-0.3, -0.25) is 0 Å². The Morgan fingerprint density at radius 1 is 1.44 bits per heavy atom. The van der Waals surface area contributed by atoms with Crippen LogP contribution in [0.25, 0.3) is 0 Å². The lowest BCUT2D eigenvalue weighted by atomic mass is 9.78. The minimum Gasteiger partial charge on any atom is -0.312 e. The molecule has 1 heterocycles. The summed E-state index contributed by atoms with van der Waals surface area (Å²) in [5, 5.41) is 6.81. The molecule has 1 aliphatic carbocycles.